The van der Waals surface area contributed by atoms with E-state index in [9.17, 15) is 24.6 Å². The topological polar surface area (TPSA) is 116 Å². The van der Waals surface area contributed by atoms with E-state index in [2.05, 4.69) is 10.6 Å². The van der Waals surface area contributed by atoms with Gasteiger partial charge in [0.1, 0.15) is 6.04 Å². The van der Waals surface area contributed by atoms with Gasteiger partial charge in [-0.15, -0.1) is 0 Å². The van der Waals surface area contributed by atoms with Crippen LogP contribution in [0.3, 0.4) is 0 Å². The smallest absolute Gasteiger partial charge is 0.334 e. The number of amides is 2. The zero-order chi connectivity index (χ0) is 28.2. The van der Waals surface area contributed by atoms with Crippen molar-refractivity contribution in [2.75, 3.05) is 0 Å². The average Bonchev–Trinajstić information content (AvgIpc) is 2.94. The van der Waals surface area contributed by atoms with Crippen LogP contribution < -0.4 is 10.6 Å². The lowest BCUT2D eigenvalue weighted by atomic mass is 9.96. The van der Waals surface area contributed by atoms with Crippen molar-refractivity contribution < 1.29 is 24.6 Å². The number of hydrogen-bond donors (Lipinski definition) is 4. The van der Waals surface area contributed by atoms with Gasteiger partial charge in [-0.1, -0.05) is 111 Å². The van der Waals surface area contributed by atoms with Gasteiger partial charge in [0.25, 0.3) is 0 Å². The predicted molar refractivity (Wildman–Crippen MR) is 152 cm³/mol. The highest BCUT2D eigenvalue weighted by Crippen LogP contribution is 2.24. The van der Waals surface area contributed by atoms with Crippen LogP contribution in [0.25, 0.3) is 5.57 Å². The maximum atomic E-state index is 13.2. The average molecular weight is 529 g/mol. The first kappa shape index (κ1) is 29.3. The van der Waals surface area contributed by atoms with Crippen LogP contribution >= 0.6 is 0 Å². The van der Waals surface area contributed by atoms with Crippen molar-refractivity contribution in [2.45, 2.75) is 51.3 Å². The zero-order valence-corrected chi connectivity index (χ0v) is 22.3. The molecule has 204 valence electrons. The van der Waals surface area contributed by atoms with E-state index in [0.717, 1.165) is 22.3 Å². The number of rotatable bonds is 13. The maximum absolute atomic E-state index is 13.2. The molecule has 0 radical (unpaired) electrons. The maximum Gasteiger partial charge on any atom is 0.334 e. The lowest BCUT2D eigenvalue weighted by molar-refractivity contribution is -0.148. The van der Waals surface area contributed by atoms with Crippen molar-refractivity contribution in [3.8, 4) is 0 Å². The lowest BCUT2D eigenvalue weighted by Gasteiger charge is -2.27. The van der Waals surface area contributed by atoms with Crippen molar-refractivity contribution in [2.24, 2.45) is 5.92 Å². The first-order valence-corrected chi connectivity index (χ1v) is 13.1. The molecule has 4 N–H and O–H groups in total. The number of carbonyl (C=O) groups is 3. The summed E-state index contributed by atoms with van der Waals surface area (Å²) < 4.78 is 0. The molecule has 3 atom stereocenters. The van der Waals surface area contributed by atoms with Crippen LogP contribution in [0.15, 0.2) is 97.1 Å². The Kier molecular flexibility index (Phi) is 11.0. The van der Waals surface area contributed by atoms with Crippen LogP contribution in [0.4, 0.5) is 0 Å². The minimum Gasteiger partial charge on any atom is -0.479 e. The summed E-state index contributed by atoms with van der Waals surface area (Å²) in [6, 6.07) is 26.9. The summed E-state index contributed by atoms with van der Waals surface area (Å²) in [6.07, 6.45) is 0.993. The van der Waals surface area contributed by atoms with Crippen molar-refractivity contribution in [1.29, 1.82) is 0 Å². The lowest BCUT2D eigenvalue weighted by Crippen LogP contribution is -2.56. The molecule has 0 aliphatic heterocycles. The van der Waals surface area contributed by atoms with Crippen LogP contribution in [-0.2, 0) is 20.8 Å². The number of hydrogen-bond acceptors (Lipinski definition) is 4. The van der Waals surface area contributed by atoms with E-state index in [0.29, 0.717) is 6.42 Å². The second-order valence-corrected chi connectivity index (χ2v) is 9.77. The summed E-state index contributed by atoms with van der Waals surface area (Å²) >= 11 is 0. The molecule has 3 aromatic carbocycles. The SMILES string of the molecule is CC(C)[C@H](NC(=O)CCC=C(c1ccccc1)c1ccccc1)C(=O)N[C@@H](Cc1ccccc1)[C@@H](O)C(=O)O. The summed E-state index contributed by atoms with van der Waals surface area (Å²) in [4.78, 5) is 37.5. The quantitative estimate of drug-likeness (QED) is 0.265. The van der Waals surface area contributed by atoms with Gasteiger partial charge in [0.2, 0.25) is 11.8 Å². The molecule has 0 aromatic heterocycles. The Morgan fingerprint density at radius 3 is 1.79 bits per heavy atom. The van der Waals surface area contributed by atoms with E-state index in [-0.39, 0.29) is 24.7 Å². The molecule has 0 aliphatic carbocycles. The molecule has 7 heteroatoms. The van der Waals surface area contributed by atoms with Crippen LogP contribution in [0, 0.1) is 5.92 Å². The fourth-order valence-corrected chi connectivity index (χ4v) is 4.32. The van der Waals surface area contributed by atoms with E-state index < -0.39 is 30.1 Å². The highest BCUT2D eigenvalue weighted by Gasteiger charge is 2.31. The summed E-state index contributed by atoms with van der Waals surface area (Å²) in [7, 11) is 0. The van der Waals surface area contributed by atoms with Gasteiger partial charge in [-0.2, -0.15) is 0 Å². The molecule has 0 saturated carbocycles. The van der Waals surface area contributed by atoms with Crippen LogP contribution in [-0.4, -0.2) is 46.2 Å². The number of carboxylic acids is 1. The molecule has 0 heterocycles. The summed E-state index contributed by atoms with van der Waals surface area (Å²) in [5, 5.41) is 25.1. The Morgan fingerprint density at radius 1 is 0.795 bits per heavy atom. The monoisotopic (exact) mass is 528 g/mol. The second-order valence-electron chi connectivity index (χ2n) is 9.77. The number of carboxylic acid groups (broad SMARTS) is 1. The fourth-order valence-electron chi connectivity index (χ4n) is 4.32. The third-order valence-electron chi connectivity index (χ3n) is 6.42. The molecule has 0 fully saturated rings. The number of aliphatic hydroxyl groups is 1. The van der Waals surface area contributed by atoms with E-state index in [1.54, 1.807) is 38.1 Å². The van der Waals surface area contributed by atoms with Gasteiger partial charge >= 0.3 is 5.97 Å². The molecule has 0 bridgehead atoms. The van der Waals surface area contributed by atoms with Gasteiger partial charge < -0.3 is 20.8 Å². The summed E-state index contributed by atoms with van der Waals surface area (Å²) in [6.45, 7) is 3.60. The number of aliphatic hydroxyl groups excluding tert-OH is 1. The molecule has 0 spiro atoms. The van der Waals surface area contributed by atoms with Crippen molar-refractivity contribution in [1.82, 2.24) is 10.6 Å². The first-order valence-electron chi connectivity index (χ1n) is 13.1. The highest BCUT2D eigenvalue weighted by molar-refractivity contribution is 5.89. The molecule has 0 aliphatic rings. The molecule has 0 saturated heterocycles. The molecular formula is C32H36N2O5. The van der Waals surface area contributed by atoms with Gasteiger partial charge in [0.05, 0.1) is 6.04 Å². The van der Waals surface area contributed by atoms with E-state index in [1.807, 2.05) is 72.8 Å². The van der Waals surface area contributed by atoms with Gasteiger partial charge in [-0.05, 0) is 41.0 Å². The Hall–Kier alpha value is -4.23. The summed E-state index contributed by atoms with van der Waals surface area (Å²) in [5.41, 5.74) is 3.89. The van der Waals surface area contributed by atoms with Crippen LogP contribution in [0.1, 0.15) is 43.4 Å². The standard InChI is InChI=1S/C32H36N2O5/c1-22(2)29(31(37)33-27(30(36)32(38)39)21-23-13-6-3-7-14-23)34-28(35)20-12-19-26(24-15-8-4-9-16-24)25-17-10-5-11-18-25/h3-11,13-19,22,27,29-30,36H,12,20-21H2,1-2H3,(H,33,37)(H,34,35)(H,38,39)/t27-,29-,30+/m0/s1. The molecule has 7 nitrogen and oxygen atoms in total. The Bertz CT molecular complexity index is 1200. The molecule has 3 aromatic rings. The Balaban J connectivity index is 1.67. The number of nitrogens with one attached hydrogen (secondary N) is 2. The van der Waals surface area contributed by atoms with Gasteiger partial charge in [-0.25, -0.2) is 4.79 Å². The first-order chi connectivity index (χ1) is 18.8. The molecule has 2 amide bonds. The van der Waals surface area contributed by atoms with Crippen LogP contribution in [0.5, 0.6) is 0 Å². The third kappa shape index (κ3) is 8.93. The molecule has 0 unspecified atom stereocenters. The van der Waals surface area contributed by atoms with E-state index in [1.165, 1.54) is 0 Å². The second kappa shape index (κ2) is 14.6. The Labute approximate surface area is 229 Å². The van der Waals surface area contributed by atoms with E-state index >= 15 is 0 Å². The minimum atomic E-state index is -1.79. The number of allylic oxidation sites excluding steroid dienone is 1. The van der Waals surface area contributed by atoms with Gasteiger partial charge in [-0.3, -0.25) is 9.59 Å². The number of aliphatic carboxylic acids is 1. The molecule has 39 heavy (non-hydrogen) atoms. The zero-order valence-electron chi connectivity index (χ0n) is 22.3. The summed E-state index contributed by atoms with van der Waals surface area (Å²) in [5.74, 6) is -2.52. The molecular weight excluding hydrogens is 492 g/mol. The predicted octanol–water partition coefficient (Wildman–Crippen LogP) is 4.21. The largest absolute Gasteiger partial charge is 0.479 e. The highest BCUT2D eigenvalue weighted by atomic mass is 16.4. The number of benzene rings is 3. The van der Waals surface area contributed by atoms with Gasteiger partial charge in [0.15, 0.2) is 6.10 Å². The third-order valence-corrected chi connectivity index (χ3v) is 6.42. The van der Waals surface area contributed by atoms with Crippen molar-refractivity contribution in [3.05, 3.63) is 114 Å². The van der Waals surface area contributed by atoms with Gasteiger partial charge in [0, 0.05) is 6.42 Å². The van der Waals surface area contributed by atoms with Crippen molar-refractivity contribution in [3.63, 3.8) is 0 Å². The minimum absolute atomic E-state index is 0.130. The fraction of sp³-hybridized carbons (Fsp3) is 0.281. The van der Waals surface area contributed by atoms with E-state index in [4.69, 9.17) is 0 Å². The molecule has 3 rings (SSSR count). The van der Waals surface area contributed by atoms with Crippen LogP contribution in [0.2, 0.25) is 0 Å². The number of carbonyl (C=O) groups excluding carboxylic acids is 2. The normalized spacial score (nSPS) is 13.1. The van der Waals surface area contributed by atoms with Crippen molar-refractivity contribution >= 4 is 23.4 Å². The Morgan fingerprint density at radius 2 is 1.31 bits per heavy atom.